The van der Waals surface area contributed by atoms with Gasteiger partial charge in [-0.15, -0.1) is 0 Å². The Bertz CT molecular complexity index is 487. The minimum Gasteiger partial charge on any atom is -0.453 e. The van der Waals surface area contributed by atoms with Crippen LogP contribution in [0.25, 0.3) is 0 Å². The van der Waals surface area contributed by atoms with E-state index in [1.165, 1.54) is 7.11 Å². The fourth-order valence-electron chi connectivity index (χ4n) is 5.32. The average molecular weight is 321 g/mol. The van der Waals surface area contributed by atoms with Crippen LogP contribution >= 0.6 is 0 Å². The summed E-state index contributed by atoms with van der Waals surface area (Å²) in [5.41, 5.74) is 0.222. The molecule has 0 saturated carbocycles. The van der Waals surface area contributed by atoms with Crippen molar-refractivity contribution in [2.75, 3.05) is 26.7 Å². The molecule has 4 heterocycles. The molecule has 4 rings (SSSR count). The third kappa shape index (κ3) is 2.61. The highest BCUT2D eigenvalue weighted by atomic mass is 16.5. The van der Waals surface area contributed by atoms with Gasteiger partial charge in [0.25, 0.3) is 0 Å². The number of carbonyl (C=O) groups excluding carboxylic acids is 2. The highest BCUT2D eigenvalue weighted by molar-refractivity contribution is 5.79. The maximum atomic E-state index is 12.0. The topological polar surface area (TPSA) is 61.9 Å². The van der Waals surface area contributed by atoms with Crippen LogP contribution in [0.5, 0.6) is 0 Å². The lowest BCUT2D eigenvalue weighted by Crippen LogP contribution is -2.54. The van der Waals surface area contributed by atoms with Crippen molar-refractivity contribution in [3.8, 4) is 0 Å². The maximum Gasteiger partial charge on any atom is 0.409 e. The van der Waals surface area contributed by atoms with Crippen LogP contribution in [-0.4, -0.2) is 66.7 Å². The Balaban J connectivity index is 1.36. The Labute approximate surface area is 137 Å². The summed E-state index contributed by atoms with van der Waals surface area (Å²) in [5, 5.41) is 3.01. The van der Waals surface area contributed by atoms with Gasteiger partial charge in [-0.25, -0.2) is 4.79 Å². The molecule has 4 aliphatic heterocycles. The summed E-state index contributed by atoms with van der Waals surface area (Å²) < 4.78 is 4.96. The highest BCUT2D eigenvalue weighted by Crippen LogP contribution is 2.42. The molecule has 0 radical (unpaired) electrons. The van der Waals surface area contributed by atoms with Crippen molar-refractivity contribution in [2.24, 2.45) is 5.41 Å². The van der Waals surface area contributed by atoms with Crippen molar-refractivity contribution in [3.63, 3.8) is 0 Å². The van der Waals surface area contributed by atoms with E-state index < -0.39 is 0 Å². The molecule has 4 fully saturated rings. The molecule has 6 heteroatoms. The monoisotopic (exact) mass is 321 g/mol. The van der Waals surface area contributed by atoms with E-state index in [1.807, 2.05) is 4.90 Å². The van der Waals surface area contributed by atoms with E-state index in [0.717, 1.165) is 58.2 Å². The molecule has 2 unspecified atom stereocenters. The Morgan fingerprint density at radius 1 is 1.17 bits per heavy atom. The van der Waals surface area contributed by atoms with Gasteiger partial charge in [-0.1, -0.05) is 0 Å². The quantitative estimate of drug-likeness (QED) is 0.792. The number of likely N-dealkylation sites (tertiary alicyclic amines) is 1. The first-order valence-electron chi connectivity index (χ1n) is 8.97. The van der Waals surface area contributed by atoms with Crippen LogP contribution in [-0.2, 0) is 9.53 Å². The average Bonchev–Trinajstić information content (AvgIpc) is 3.04. The zero-order chi connectivity index (χ0) is 16.0. The number of hydrogen-bond acceptors (Lipinski definition) is 4. The fourth-order valence-corrected chi connectivity index (χ4v) is 5.32. The van der Waals surface area contributed by atoms with Gasteiger partial charge in [0.05, 0.1) is 7.11 Å². The van der Waals surface area contributed by atoms with Gasteiger partial charge in [0.15, 0.2) is 0 Å². The first-order valence-corrected chi connectivity index (χ1v) is 8.97. The van der Waals surface area contributed by atoms with Crippen molar-refractivity contribution in [2.45, 2.75) is 63.1 Å². The zero-order valence-corrected chi connectivity index (χ0v) is 13.9. The van der Waals surface area contributed by atoms with Gasteiger partial charge < -0.3 is 19.9 Å². The summed E-state index contributed by atoms with van der Waals surface area (Å²) >= 11 is 0. The van der Waals surface area contributed by atoms with Gasteiger partial charge in [-0.05, 0) is 57.0 Å². The molecule has 0 aromatic heterocycles. The number of hydrogen-bond donors (Lipinski definition) is 1. The Hall–Kier alpha value is -1.30. The number of rotatable bonds is 1. The largest absolute Gasteiger partial charge is 0.453 e. The molecule has 0 aliphatic carbocycles. The van der Waals surface area contributed by atoms with Crippen LogP contribution in [0.15, 0.2) is 0 Å². The lowest BCUT2D eigenvalue weighted by atomic mass is 9.77. The van der Waals surface area contributed by atoms with E-state index in [-0.39, 0.29) is 17.4 Å². The van der Waals surface area contributed by atoms with E-state index in [1.54, 1.807) is 0 Å². The number of ether oxygens (including phenoxy) is 1. The predicted octanol–water partition coefficient (Wildman–Crippen LogP) is 1.35. The van der Waals surface area contributed by atoms with Crippen LogP contribution in [0.4, 0.5) is 4.79 Å². The summed E-state index contributed by atoms with van der Waals surface area (Å²) in [6.45, 7) is 3.06. The SMILES string of the molecule is COC(=O)N1C2CCC1CC(N1CCC3(CC1)CNC(=O)C3)C2. The van der Waals surface area contributed by atoms with Crippen LogP contribution in [0.1, 0.15) is 44.9 Å². The minimum atomic E-state index is -0.149. The van der Waals surface area contributed by atoms with Crippen molar-refractivity contribution in [3.05, 3.63) is 0 Å². The molecule has 4 saturated heterocycles. The van der Waals surface area contributed by atoms with Crippen molar-refractivity contribution < 1.29 is 14.3 Å². The smallest absolute Gasteiger partial charge is 0.409 e. The van der Waals surface area contributed by atoms with Gasteiger partial charge in [0, 0.05) is 31.1 Å². The molecule has 0 aromatic rings. The second-order valence-corrected chi connectivity index (χ2v) is 7.88. The molecule has 2 amide bonds. The molecule has 2 atom stereocenters. The summed E-state index contributed by atoms with van der Waals surface area (Å²) in [7, 11) is 1.48. The number of nitrogens with one attached hydrogen (secondary N) is 1. The van der Waals surface area contributed by atoms with Crippen molar-refractivity contribution in [1.29, 1.82) is 0 Å². The Morgan fingerprint density at radius 2 is 1.83 bits per heavy atom. The fraction of sp³-hybridized carbons (Fsp3) is 0.882. The number of fused-ring (bicyclic) bond motifs is 2. The molecule has 6 nitrogen and oxygen atoms in total. The molecule has 4 aliphatic rings. The number of piperidine rings is 2. The first-order chi connectivity index (χ1) is 11.1. The first kappa shape index (κ1) is 15.2. The van der Waals surface area contributed by atoms with E-state index in [2.05, 4.69) is 10.2 Å². The lowest BCUT2D eigenvalue weighted by molar-refractivity contribution is -0.119. The zero-order valence-electron chi connectivity index (χ0n) is 13.9. The van der Waals surface area contributed by atoms with Crippen molar-refractivity contribution >= 4 is 12.0 Å². The summed E-state index contributed by atoms with van der Waals surface area (Å²) in [4.78, 5) is 28.1. The van der Waals surface area contributed by atoms with E-state index in [9.17, 15) is 9.59 Å². The molecule has 1 N–H and O–H groups in total. The van der Waals surface area contributed by atoms with E-state index in [0.29, 0.717) is 24.5 Å². The highest BCUT2D eigenvalue weighted by Gasteiger charge is 2.47. The number of amides is 2. The van der Waals surface area contributed by atoms with Gasteiger partial charge >= 0.3 is 6.09 Å². The maximum absolute atomic E-state index is 12.0. The minimum absolute atomic E-state index is 0.149. The normalized spacial score (nSPS) is 36.3. The predicted molar refractivity (Wildman–Crippen MR) is 84.9 cm³/mol. The Morgan fingerprint density at radius 3 is 2.35 bits per heavy atom. The third-order valence-electron chi connectivity index (χ3n) is 6.66. The van der Waals surface area contributed by atoms with Crippen LogP contribution in [0.3, 0.4) is 0 Å². The van der Waals surface area contributed by atoms with E-state index >= 15 is 0 Å². The van der Waals surface area contributed by atoms with E-state index in [4.69, 9.17) is 4.74 Å². The molecule has 0 aromatic carbocycles. The molecule has 128 valence electrons. The van der Waals surface area contributed by atoms with Gasteiger partial charge in [0.1, 0.15) is 0 Å². The van der Waals surface area contributed by atoms with Gasteiger partial charge in [-0.3, -0.25) is 4.79 Å². The summed E-state index contributed by atoms with van der Waals surface area (Å²) in [6, 6.07) is 1.31. The number of nitrogens with zero attached hydrogens (tertiary/aromatic N) is 2. The molecular weight excluding hydrogens is 294 g/mol. The molecule has 2 bridgehead atoms. The van der Waals surface area contributed by atoms with Crippen LogP contribution in [0, 0.1) is 5.41 Å². The standard InChI is InChI=1S/C17H27N3O3/c1-23-16(22)20-12-2-3-13(20)9-14(8-12)19-6-4-17(5-7-19)10-15(21)18-11-17/h12-14H,2-11H2,1H3,(H,18,21). The molecule has 1 spiro atoms. The number of carbonyl (C=O) groups is 2. The Kier molecular flexibility index (Phi) is 3.75. The molecule has 23 heavy (non-hydrogen) atoms. The van der Waals surface area contributed by atoms with Crippen LogP contribution < -0.4 is 5.32 Å². The second kappa shape index (κ2) is 5.65. The second-order valence-electron chi connectivity index (χ2n) is 7.88. The van der Waals surface area contributed by atoms with Crippen LogP contribution in [0.2, 0.25) is 0 Å². The van der Waals surface area contributed by atoms with Crippen molar-refractivity contribution in [1.82, 2.24) is 15.1 Å². The van der Waals surface area contributed by atoms with Gasteiger partial charge in [-0.2, -0.15) is 0 Å². The number of methoxy groups -OCH3 is 1. The van der Waals surface area contributed by atoms with Gasteiger partial charge in [0.2, 0.25) is 5.91 Å². The lowest BCUT2D eigenvalue weighted by Gasteiger charge is -2.46. The summed E-state index contributed by atoms with van der Waals surface area (Å²) in [5.74, 6) is 0.225. The molecular formula is C17H27N3O3. The summed E-state index contributed by atoms with van der Waals surface area (Å²) in [6.07, 6.45) is 7.21. The third-order valence-corrected chi connectivity index (χ3v) is 6.66.